The van der Waals surface area contributed by atoms with E-state index in [4.69, 9.17) is 23.2 Å². The summed E-state index contributed by atoms with van der Waals surface area (Å²) in [5.41, 5.74) is 1.86. The number of rotatable bonds is 5. The average Bonchev–Trinajstić information content (AvgIpc) is 3.13. The first kappa shape index (κ1) is 16.5. The molecule has 0 atom stereocenters. The van der Waals surface area contributed by atoms with E-state index in [0.29, 0.717) is 28.8 Å². The second kappa shape index (κ2) is 7.07. The van der Waals surface area contributed by atoms with E-state index in [1.807, 2.05) is 31.2 Å². The van der Waals surface area contributed by atoms with E-state index in [0.717, 1.165) is 5.56 Å². The monoisotopic (exact) mass is 363 g/mol. The average molecular weight is 364 g/mol. The zero-order chi connectivity index (χ0) is 17.1. The Labute approximate surface area is 149 Å². The van der Waals surface area contributed by atoms with Crippen molar-refractivity contribution in [2.24, 2.45) is 0 Å². The van der Waals surface area contributed by atoms with Gasteiger partial charge in [0.05, 0.1) is 22.8 Å². The number of nitrogens with one attached hydrogen (secondary N) is 1. The van der Waals surface area contributed by atoms with Crippen LogP contribution in [0, 0.1) is 0 Å². The zero-order valence-corrected chi connectivity index (χ0v) is 14.4. The van der Waals surface area contributed by atoms with Gasteiger partial charge in [-0.05, 0) is 24.6 Å². The molecule has 3 rings (SSSR count). The third-order valence-corrected chi connectivity index (χ3v) is 3.86. The standard InChI is InChI=1S/C16H15Cl2N5O/c1-2-22-10-14(18)15(21-22)16(24)20-13-5-3-4-11(6-13)8-23-9-12(17)7-19-23/h3-7,9-10H,2,8H2,1H3,(H,20,24). The van der Waals surface area contributed by atoms with E-state index in [1.165, 1.54) is 0 Å². The molecule has 6 nitrogen and oxygen atoms in total. The highest BCUT2D eigenvalue weighted by Crippen LogP contribution is 2.18. The summed E-state index contributed by atoms with van der Waals surface area (Å²) in [5.74, 6) is -0.341. The molecule has 2 aromatic heterocycles. The molecule has 124 valence electrons. The zero-order valence-electron chi connectivity index (χ0n) is 12.9. The number of carbonyl (C=O) groups is 1. The predicted molar refractivity (Wildman–Crippen MR) is 93.6 cm³/mol. The number of aryl methyl sites for hydroxylation is 1. The number of anilines is 1. The second-order valence-electron chi connectivity index (χ2n) is 5.19. The third-order valence-electron chi connectivity index (χ3n) is 3.39. The van der Waals surface area contributed by atoms with Crippen LogP contribution in [0.3, 0.4) is 0 Å². The van der Waals surface area contributed by atoms with Gasteiger partial charge in [-0.25, -0.2) is 0 Å². The number of aromatic nitrogens is 4. The minimum atomic E-state index is -0.341. The Morgan fingerprint density at radius 1 is 1.25 bits per heavy atom. The maximum atomic E-state index is 12.3. The summed E-state index contributed by atoms with van der Waals surface area (Å²) in [6, 6.07) is 7.49. The maximum Gasteiger partial charge on any atom is 0.277 e. The highest BCUT2D eigenvalue weighted by molar-refractivity contribution is 6.34. The van der Waals surface area contributed by atoms with Crippen molar-refractivity contribution in [2.45, 2.75) is 20.0 Å². The molecular formula is C16H15Cl2N5O. The number of benzene rings is 1. The van der Waals surface area contributed by atoms with Crippen LogP contribution in [0.25, 0.3) is 0 Å². The van der Waals surface area contributed by atoms with Crippen molar-refractivity contribution in [1.82, 2.24) is 19.6 Å². The summed E-state index contributed by atoms with van der Waals surface area (Å²) in [5, 5.41) is 12.0. The molecule has 0 radical (unpaired) electrons. The third kappa shape index (κ3) is 3.77. The van der Waals surface area contributed by atoms with Gasteiger partial charge in [-0.15, -0.1) is 0 Å². The first-order valence-corrected chi connectivity index (χ1v) is 8.12. The van der Waals surface area contributed by atoms with Crippen LogP contribution in [0.2, 0.25) is 10.0 Å². The van der Waals surface area contributed by atoms with Crippen molar-refractivity contribution in [3.63, 3.8) is 0 Å². The Morgan fingerprint density at radius 3 is 2.75 bits per heavy atom. The minimum Gasteiger partial charge on any atom is -0.321 e. The summed E-state index contributed by atoms with van der Waals surface area (Å²) in [6.07, 6.45) is 4.96. The molecule has 0 spiro atoms. The Morgan fingerprint density at radius 2 is 2.08 bits per heavy atom. The number of halogens is 2. The van der Waals surface area contributed by atoms with Crippen LogP contribution in [0.1, 0.15) is 23.0 Å². The summed E-state index contributed by atoms with van der Waals surface area (Å²) in [7, 11) is 0. The molecule has 0 unspecified atom stereocenters. The molecule has 1 aromatic carbocycles. The van der Waals surface area contributed by atoms with Crippen molar-refractivity contribution in [1.29, 1.82) is 0 Å². The van der Waals surface area contributed by atoms with Gasteiger partial charge in [0, 0.05) is 24.6 Å². The van der Waals surface area contributed by atoms with E-state index in [1.54, 1.807) is 28.0 Å². The predicted octanol–water partition coefficient (Wildman–Crippen LogP) is 3.71. The van der Waals surface area contributed by atoms with Crippen molar-refractivity contribution < 1.29 is 4.79 Å². The lowest BCUT2D eigenvalue weighted by Gasteiger charge is -2.07. The lowest BCUT2D eigenvalue weighted by Crippen LogP contribution is -2.14. The number of hydrogen-bond acceptors (Lipinski definition) is 3. The van der Waals surface area contributed by atoms with Crippen LogP contribution >= 0.6 is 23.2 Å². The largest absolute Gasteiger partial charge is 0.321 e. The molecule has 0 fully saturated rings. The molecule has 0 bridgehead atoms. The van der Waals surface area contributed by atoms with Crippen LogP contribution in [-0.4, -0.2) is 25.5 Å². The number of carbonyl (C=O) groups excluding carboxylic acids is 1. The summed E-state index contributed by atoms with van der Waals surface area (Å²) in [6.45, 7) is 3.13. The van der Waals surface area contributed by atoms with Crippen LogP contribution in [-0.2, 0) is 13.1 Å². The van der Waals surface area contributed by atoms with Gasteiger partial charge in [0.2, 0.25) is 0 Å². The van der Waals surface area contributed by atoms with Crippen LogP contribution < -0.4 is 5.32 Å². The molecule has 8 heteroatoms. The van der Waals surface area contributed by atoms with Gasteiger partial charge < -0.3 is 5.32 Å². The minimum absolute atomic E-state index is 0.211. The summed E-state index contributed by atoms with van der Waals surface area (Å²) >= 11 is 11.9. The van der Waals surface area contributed by atoms with Gasteiger partial charge in [-0.3, -0.25) is 14.2 Å². The molecule has 0 aliphatic heterocycles. The van der Waals surface area contributed by atoms with Crippen LogP contribution in [0.15, 0.2) is 42.9 Å². The van der Waals surface area contributed by atoms with Crippen molar-refractivity contribution in [2.75, 3.05) is 5.32 Å². The fraction of sp³-hybridized carbons (Fsp3) is 0.188. The number of nitrogens with zero attached hydrogens (tertiary/aromatic N) is 4. The van der Waals surface area contributed by atoms with Gasteiger partial charge >= 0.3 is 0 Å². The molecule has 0 saturated carbocycles. The van der Waals surface area contributed by atoms with E-state index >= 15 is 0 Å². The molecule has 3 aromatic rings. The normalized spacial score (nSPS) is 10.8. The molecule has 24 heavy (non-hydrogen) atoms. The lowest BCUT2D eigenvalue weighted by atomic mass is 10.2. The summed E-state index contributed by atoms with van der Waals surface area (Å²) in [4.78, 5) is 12.3. The van der Waals surface area contributed by atoms with Gasteiger partial charge in [-0.2, -0.15) is 10.2 Å². The number of amides is 1. The Kier molecular flexibility index (Phi) is 4.87. The van der Waals surface area contributed by atoms with Gasteiger partial charge in [-0.1, -0.05) is 35.3 Å². The first-order valence-electron chi connectivity index (χ1n) is 7.36. The van der Waals surface area contributed by atoms with Crippen molar-refractivity contribution in [3.8, 4) is 0 Å². The Bertz CT molecular complexity index is 871. The van der Waals surface area contributed by atoms with Crippen molar-refractivity contribution >= 4 is 34.8 Å². The van der Waals surface area contributed by atoms with E-state index in [-0.39, 0.29) is 11.6 Å². The van der Waals surface area contributed by atoms with Crippen LogP contribution in [0.5, 0.6) is 0 Å². The Balaban J connectivity index is 1.74. The Hall–Kier alpha value is -2.31. The number of hydrogen-bond donors (Lipinski definition) is 1. The SMILES string of the molecule is CCn1cc(Cl)c(C(=O)Nc2cccc(Cn3cc(Cl)cn3)c2)n1. The van der Waals surface area contributed by atoms with E-state index in [9.17, 15) is 4.79 Å². The highest BCUT2D eigenvalue weighted by atomic mass is 35.5. The van der Waals surface area contributed by atoms with E-state index in [2.05, 4.69) is 15.5 Å². The topological polar surface area (TPSA) is 64.7 Å². The molecular weight excluding hydrogens is 349 g/mol. The van der Waals surface area contributed by atoms with Crippen LogP contribution in [0.4, 0.5) is 5.69 Å². The molecule has 0 saturated heterocycles. The fourth-order valence-corrected chi connectivity index (χ4v) is 2.66. The van der Waals surface area contributed by atoms with Gasteiger partial charge in [0.15, 0.2) is 5.69 Å². The molecule has 1 amide bonds. The summed E-state index contributed by atoms with van der Waals surface area (Å²) < 4.78 is 3.35. The fourth-order valence-electron chi connectivity index (χ4n) is 2.26. The smallest absolute Gasteiger partial charge is 0.277 e. The molecule has 0 aliphatic rings. The molecule has 0 aliphatic carbocycles. The van der Waals surface area contributed by atoms with Gasteiger partial charge in [0.1, 0.15) is 0 Å². The van der Waals surface area contributed by atoms with E-state index < -0.39 is 0 Å². The molecule has 1 N–H and O–H groups in total. The lowest BCUT2D eigenvalue weighted by molar-refractivity contribution is 0.102. The highest BCUT2D eigenvalue weighted by Gasteiger charge is 2.15. The van der Waals surface area contributed by atoms with Crippen molar-refractivity contribution in [3.05, 3.63) is 64.2 Å². The van der Waals surface area contributed by atoms with Gasteiger partial charge in [0.25, 0.3) is 5.91 Å². The maximum absolute atomic E-state index is 12.3. The first-order chi connectivity index (χ1) is 11.5. The molecule has 2 heterocycles. The second-order valence-corrected chi connectivity index (χ2v) is 6.04. The quantitative estimate of drug-likeness (QED) is 0.751.